The molecule has 142 valence electrons. The van der Waals surface area contributed by atoms with Crippen LogP contribution in [0.4, 0.5) is 0 Å². The molecule has 2 fully saturated rings. The third kappa shape index (κ3) is 3.69. The Labute approximate surface area is 161 Å². The van der Waals surface area contributed by atoms with E-state index in [4.69, 9.17) is 9.47 Å². The fraction of sp³-hybridized carbons (Fsp3) is 0.550. The molecule has 3 aliphatic heterocycles. The van der Waals surface area contributed by atoms with E-state index in [1.807, 2.05) is 36.1 Å². The van der Waals surface area contributed by atoms with Crippen LogP contribution in [-0.4, -0.2) is 50.2 Å². The topological polar surface area (TPSA) is 50.8 Å². The van der Waals surface area contributed by atoms with Crippen molar-refractivity contribution < 1.29 is 14.3 Å². The Morgan fingerprint density at radius 3 is 2.69 bits per heavy atom. The van der Waals surface area contributed by atoms with Crippen LogP contribution in [0.25, 0.3) is 6.08 Å². The van der Waals surface area contributed by atoms with Crippen LogP contribution in [0.1, 0.15) is 25.3 Å². The molecule has 0 bridgehead atoms. The molecule has 3 heterocycles. The number of para-hydroxylation sites is 1. The number of halogens is 1. The molecule has 3 aliphatic rings. The highest BCUT2D eigenvalue weighted by molar-refractivity contribution is 5.99. The Bertz CT molecular complexity index is 678. The van der Waals surface area contributed by atoms with Gasteiger partial charge in [-0.1, -0.05) is 12.1 Å². The van der Waals surface area contributed by atoms with Gasteiger partial charge in [0.25, 0.3) is 5.91 Å². The van der Waals surface area contributed by atoms with Gasteiger partial charge in [0, 0.05) is 18.7 Å². The first-order valence-electron chi connectivity index (χ1n) is 9.35. The van der Waals surface area contributed by atoms with Gasteiger partial charge >= 0.3 is 0 Å². The number of nitrogens with one attached hydrogen (secondary N) is 1. The standard InChI is InChI=1S/C20H26N2O3.ClH/c1-2-24-18-5-3-4-14-10-17(13-25-19(14)18)20(23)22-8-6-15-11-21-12-16(15)7-9-22;/h3-5,10,15-16,21H,2,6-9,11-13H2,1H3;1H/t15-,16+;. The zero-order chi connectivity index (χ0) is 17.2. The predicted molar refractivity (Wildman–Crippen MR) is 104 cm³/mol. The molecule has 2 saturated heterocycles. The van der Waals surface area contributed by atoms with Crippen LogP contribution < -0.4 is 14.8 Å². The van der Waals surface area contributed by atoms with Gasteiger partial charge < -0.3 is 19.7 Å². The Hall–Kier alpha value is -1.72. The van der Waals surface area contributed by atoms with Crippen LogP contribution >= 0.6 is 12.4 Å². The third-order valence-corrected chi connectivity index (χ3v) is 5.59. The van der Waals surface area contributed by atoms with E-state index >= 15 is 0 Å². The molecule has 0 radical (unpaired) electrons. The molecule has 1 amide bonds. The van der Waals surface area contributed by atoms with Crippen molar-refractivity contribution in [1.82, 2.24) is 10.2 Å². The van der Waals surface area contributed by atoms with E-state index in [2.05, 4.69) is 5.32 Å². The number of nitrogens with zero attached hydrogens (tertiary/aromatic N) is 1. The van der Waals surface area contributed by atoms with Gasteiger partial charge in [-0.2, -0.15) is 0 Å². The molecule has 1 N–H and O–H groups in total. The molecule has 0 spiro atoms. The maximum atomic E-state index is 13.0. The molecule has 0 saturated carbocycles. The van der Waals surface area contributed by atoms with Gasteiger partial charge in [0.2, 0.25) is 0 Å². The number of carbonyl (C=O) groups excluding carboxylic acids is 1. The van der Waals surface area contributed by atoms with Crippen molar-refractivity contribution in [3.63, 3.8) is 0 Å². The summed E-state index contributed by atoms with van der Waals surface area (Å²) in [4.78, 5) is 15.0. The van der Waals surface area contributed by atoms with Crippen LogP contribution in [0.5, 0.6) is 11.5 Å². The van der Waals surface area contributed by atoms with Gasteiger partial charge in [-0.15, -0.1) is 12.4 Å². The Kier molecular flexibility index (Phi) is 6.09. The maximum Gasteiger partial charge on any atom is 0.253 e. The molecule has 4 rings (SSSR count). The summed E-state index contributed by atoms with van der Waals surface area (Å²) < 4.78 is 11.5. The Morgan fingerprint density at radius 1 is 1.27 bits per heavy atom. The van der Waals surface area contributed by atoms with Gasteiger partial charge in [-0.3, -0.25) is 4.79 Å². The molecule has 6 heteroatoms. The van der Waals surface area contributed by atoms with Gasteiger partial charge in [0.15, 0.2) is 11.5 Å². The minimum Gasteiger partial charge on any atom is -0.490 e. The summed E-state index contributed by atoms with van der Waals surface area (Å²) in [5.41, 5.74) is 1.67. The summed E-state index contributed by atoms with van der Waals surface area (Å²) in [6.07, 6.45) is 4.17. The summed E-state index contributed by atoms with van der Waals surface area (Å²) >= 11 is 0. The minimum absolute atomic E-state index is 0. The molecular weight excluding hydrogens is 352 g/mol. The van der Waals surface area contributed by atoms with Crippen LogP contribution in [-0.2, 0) is 4.79 Å². The van der Waals surface area contributed by atoms with Gasteiger partial charge in [-0.25, -0.2) is 0 Å². The lowest BCUT2D eigenvalue weighted by Gasteiger charge is -2.25. The number of benzene rings is 1. The van der Waals surface area contributed by atoms with Crippen LogP contribution in [0.15, 0.2) is 23.8 Å². The lowest BCUT2D eigenvalue weighted by atomic mass is 9.92. The number of rotatable bonds is 3. The second-order valence-electron chi connectivity index (χ2n) is 7.11. The molecule has 0 aromatic heterocycles. The van der Waals surface area contributed by atoms with E-state index in [1.54, 1.807) is 0 Å². The number of likely N-dealkylation sites (tertiary alicyclic amines) is 1. The first-order valence-corrected chi connectivity index (χ1v) is 9.35. The zero-order valence-corrected chi connectivity index (χ0v) is 16.0. The SMILES string of the molecule is CCOc1cccc2c1OCC(C(=O)N1CC[C@@H]3CNC[C@@H]3CC1)=C2.Cl. The summed E-state index contributed by atoms with van der Waals surface area (Å²) in [6, 6.07) is 5.82. The number of hydrogen-bond donors (Lipinski definition) is 1. The summed E-state index contributed by atoms with van der Waals surface area (Å²) in [5, 5.41) is 3.48. The summed E-state index contributed by atoms with van der Waals surface area (Å²) in [5.74, 6) is 3.07. The summed E-state index contributed by atoms with van der Waals surface area (Å²) in [7, 11) is 0. The van der Waals surface area contributed by atoms with Gasteiger partial charge in [0.1, 0.15) is 6.61 Å². The average molecular weight is 379 g/mol. The average Bonchev–Trinajstić information content (AvgIpc) is 3.00. The van der Waals surface area contributed by atoms with Crippen LogP contribution in [0.3, 0.4) is 0 Å². The maximum absolute atomic E-state index is 13.0. The smallest absolute Gasteiger partial charge is 0.253 e. The van der Waals surface area contributed by atoms with Crippen LogP contribution in [0, 0.1) is 11.8 Å². The number of hydrogen-bond acceptors (Lipinski definition) is 4. The number of ether oxygens (including phenoxy) is 2. The lowest BCUT2D eigenvalue weighted by Crippen LogP contribution is -2.35. The number of carbonyl (C=O) groups is 1. The molecule has 1 aromatic carbocycles. The third-order valence-electron chi connectivity index (χ3n) is 5.59. The van der Waals surface area contributed by atoms with Gasteiger partial charge in [-0.05, 0) is 56.8 Å². The molecular formula is C20H27ClN2O3. The van der Waals surface area contributed by atoms with E-state index in [-0.39, 0.29) is 18.3 Å². The molecule has 0 unspecified atom stereocenters. The predicted octanol–water partition coefficient (Wildman–Crippen LogP) is 2.74. The van der Waals surface area contributed by atoms with Crippen molar-refractivity contribution in [2.75, 3.05) is 39.4 Å². The monoisotopic (exact) mass is 378 g/mol. The number of fused-ring (bicyclic) bond motifs is 2. The highest BCUT2D eigenvalue weighted by atomic mass is 35.5. The largest absolute Gasteiger partial charge is 0.490 e. The first kappa shape index (κ1) is 19.1. The summed E-state index contributed by atoms with van der Waals surface area (Å²) in [6.45, 7) is 6.78. The minimum atomic E-state index is 0. The van der Waals surface area contributed by atoms with E-state index in [0.717, 1.165) is 73.5 Å². The zero-order valence-electron chi connectivity index (χ0n) is 15.2. The Morgan fingerprint density at radius 2 is 2.00 bits per heavy atom. The highest BCUT2D eigenvalue weighted by Gasteiger charge is 2.32. The van der Waals surface area contributed by atoms with Crippen molar-refractivity contribution in [3.05, 3.63) is 29.3 Å². The van der Waals surface area contributed by atoms with E-state index in [1.165, 1.54) is 0 Å². The molecule has 5 nitrogen and oxygen atoms in total. The van der Waals surface area contributed by atoms with Crippen molar-refractivity contribution in [1.29, 1.82) is 0 Å². The van der Waals surface area contributed by atoms with Crippen LogP contribution in [0.2, 0.25) is 0 Å². The van der Waals surface area contributed by atoms with Crippen molar-refractivity contribution in [3.8, 4) is 11.5 Å². The van der Waals surface area contributed by atoms with Crippen molar-refractivity contribution in [2.24, 2.45) is 11.8 Å². The Balaban J connectivity index is 0.00000196. The fourth-order valence-corrected chi connectivity index (χ4v) is 4.20. The van der Waals surface area contributed by atoms with E-state index in [9.17, 15) is 4.79 Å². The molecule has 0 aliphatic carbocycles. The quantitative estimate of drug-likeness (QED) is 0.878. The van der Waals surface area contributed by atoms with Crippen molar-refractivity contribution >= 4 is 24.4 Å². The van der Waals surface area contributed by atoms with E-state index in [0.29, 0.717) is 13.2 Å². The number of amides is 1. The molecule has 26 heavy (non-hydrogen) atoms. The molecule has 2 atom stereocenters. The second-order valence-corrected chi connectivity index (χ2v) is 7.11. The van der Waals surface area contributed by atoms with E-state index < -0.39 is 0 Å². The molecule has 1 aromatic rings. The first-order chi connectivity index (χ1) is 12.3. The second kappa shape index (κ2) is 8.31. The highest BCUT2D eigenvalue weighted by Crippen LogP contribution is 2.36. The normalized spacial score (nSPS) is 24.3. The van der Waals surface area contributed by atoms with Gasteiger partial charge in [0.05, 0.1) is 12.2 Å². The fourth-order valence-electron chi connectivity index (χ4n) is 4.20. The lowest BCUT2D eigenvalue weighted by molar-refractivity contribution is -0.127. The van der Waals surface area contributed by atoms with Crippen molar-refractivity contribution in [2.45, 2.75) is 19.8 Å².